The molecule has 1 amide bonds. The van der Waals surface area contributed by atoms with Gasteiger partial charge in [-0.1, -0.05) is 24.3 Å². The van der Waals surface area contributed by atoms with E-state index in [0.717, 1.165) is 35.7 Å². The van der Waals surface area contributed by atoms with E-state index in [1.807, 2.05) is 13.8 Å². The van der Waals surface area contributed by atoms with Gasteiger partial charge in [0.1, 0.15) is 0 Å². The quantitative estimate of drug-likeness (QED) is 0.912. The van der Waals surface area contributed by atoms with Gasteiger partial charge >= 0.3 is 0 Å². The number of nitrogens with one attached hydrogen (secondary N) is 2. The van der Waals surface area contributed by atoms with E-state index in [9.17, 15) is 4.79 Å². The molecule has 22 heavy (non-hydrogen) atoms. The Morgan fingerprint density at radius 2 is 2.14 bits per heavy atom. The summed E-state index contributed by atoms with van der Waals surface area (Å²) in [4.78, 5) is 17.7. The summed E-state index contributed by atoms with van der Waals surface area (Å²) in [6.45, 7) is 5.60. The Hall–Kier alpha value is -1.72. The molecule has 0 spiro atoms. The third kappa shape index (κ3) is 3.36. The van der Waals surface area contributed by atoms with Crippen LogP contribution in [0.25, 0.3) is 10.4 Å². The van der Waals surface area contributed by atoms with Gasteiger partial charge in [0, 0.05) is 6.54 Å². The van der Waals surface area contributed by atoms with Crippen LogP contribution in [0, 0.1) is 13.8 Å². The number of hydrogen-bond donors (Lipinski definition) is 2. The van der Waals surface area contributed by atoms with E-state index in [2.05, 4.69) is 39.9 Å². The Bertz CT molecular complexity index is 657. The molecule has 0 aliphatic carbocycles. The van der Waals surface area contributed by atoms with E-state index in [1.54, 1.807) is 11.3 Å². The molecule has 1 atom stereocenters. The van der Waals surface area contributed by atoms with Crippen molar-refractivity contribution in [2.45, 2.75) is 39.3 Å². The summed E-state index contributed by atoms with van der Waals surface area (Å²) in [6, 6.07) is 8.35. The minimum absolute atomic E-state index is 0.0120. The van der Waals surface area contributed by atoms with Gasteiger partial charge in [-0.25, -0.2) is 4.98 Å². The predicted molar refractivity (Wildman–Crippen MR) is 89.9 cm³/mol. The Labute approximate surface area is 135 Å². The van der Waals surface area contributed by atoms with Crippen molar-refractivity contribution >= 4 is 17.2 Å². The highest BCUT2D eigenvalue weighted by molar-refractivity contribution is 7.15. The number of aromatic nitrogens is 1. The Kier molecular flexibility index (Phi) is 4.55. The normalized spacial score (nSPS) is 17.6. The lowest BCUT2D eigenvalue weighted by atomic mass is 10.1. The lowest BCUT2D eigenvalue weighted by Crippen LogP contribution is -2.39. The van der Waals surface area contributed by atoms with E-state index in [4.69, 9.17) is 0 Å². The minimum Gasteiger partial charge on any atom is -0.351 e. The van der Waals surface area contributed by atoms with Gasteiger partial charge < -0.3 is 10.6 Å². The van der Waals surface area contributed by atoms with Crippen LogP contribution in [0.15, 0.2) is 24.3 Å². The van der Waals surface area contributed by atoms with Gasteiger partial charge in [-0.15, -0.1) is 11.3 Å². The highest BCUT2D eigenvalue weighted by atomic mass is 32.1. The van der Waals surface area contributed by atoms with E-state index >= 15 is 0 Å². The second-order valence-electron chi connectivity index (χ2n) is 5.71. The number of carbonyl (C=O) groups excluding carboxylic acids is 1. The topological polar surface area (TPSA) is 54.0 Å². The van der Waals surface area contributed by atoms with E-state index in [0.29, 0.717) is 6.54 Å². The number of nitrogens with zero attached hydrogens (tertiary/aromatic N) is 1. The number of carbonyl (C=O) groups is 1. The van der Waals surface area contributed by atoms with E-state index < -0.39 is 0 Å². The number of amides is 1. The molecule has 3 rings (SSSR count). The molecule has 5 heteroatoms. The number of hydrogen-bond acceptors (Lipinski definition) is 4. The average molecular weight is 315 g/mol. The summed E-state index contributed by atoms with van der Waals surface area (Å²) in [7, 11) is 0. The van der Waals surface area contributed by atoms with E-state index in [1.165, 1.54) is 10.4 Å². The maximum Gasteiger partial charge on any atom is 0.237 e. The third-order valence-corrected chi connectivity index (χ3v) is 5.09. The van der Waals surface area contributed by atoms with Crippen LogP contribution < -0.4 is 10.6 Å². The molecular formula is C17H21N3OS. The van der Waals surface area contributed by atoms with Gasteiger partial charge in [-0.2, -0.15) is 0 Å². The zero-order valence-corrected chi connectivity index (χ0v) is 13.8. The maximum atomic E-state index is 12.0. The highest BCUT2D eigenvalue weighted by Gasteiger charge is 2.21. The van der Waals surface area contributed by atoms with Gasteiger partial charge in [0.25, 0.3) is 0 Å². The summed E-state index contributed by atoms with van der Waals surface area (Å²) in [5.74, 6) is 0.107. The molecule has 1 fully saturated rings. The fourth-order valence-corrected chi connectivity index (χ4v) is 3.72. The first-order chi connectivity index (χ1) is 10.6. The fourth-order valence-electron chi connectivity index (χ4n) is 2.79. The first-order valence-corrected chi connectivity index (χ1v) is 8.49. The van der Waals surface area contributed by atoms with E-state index in [-0.39, 0.29) is 11.9 Å². The SMILES string of the molecule is Cc1nc(C)c(-c2ccc(CNC(=O)[C@@H]3CCCN3)cc2)s1. The lowest BCUT2D eigenvalue weighted by Gasteiger charge is -2.11. The molecule has 0 saturated carbocycles. The van der Waals surface area contributed by atoms with Crippen molar-refractivity contribution < 1.29 is 4.79 Å². The molecule has 116 valence electrons. The molecular weight excluding hydrogens is 294 g/mol. The first-order valence-electron chi connectivity index (χ1n) is 7.68. The van der Waals surface area contributed by atoms with Crippen LogP contribution in [0.2, 0.25) is 0 Å². The number of aryl methyl sites for hydroxylation is 2. The number of rotatable bonds is 4. The van der Waals surface area contributed by atoms with Gasteiger partial charge in [0.05, 0.1) is 21.6 Å². The Morgan fingerprint density at radius 3 is 2.73 bits per heavy atom. The summed E-state index contributed by atoms with van der Waals surface area (Å²) < 4.78 is 0. The minimum atomic E-state index is -0.0120. The monoisotopic (exact) mass is 315 g/mol. The van der Waals surface area contributed by atoms with Crippen molar-refractivity contribution in [3.05, 3.63) is 40.5 Å². The Balaban J connectivity index is 1.62. The summed E-state index contributed by atoms with van der Waals surface area (Å²) >= 11 is 1.72. The molecule has 0 radical (unpaired) electrons. The standard InChI is InChI=1S/C17H21N3OS/c1-11-16(22-12(2)20-11)14-7-5-13(6-8-14)10-19-17(21)15-4-3-9-18-15/h5-8,15,18H,3-4,9-10H2,1-2H3,(H,19,21)/t15-/m0/s1. The van der Waals surface area contributed by atoms with Crippen molar-refractivity contribution in [1.29, 1.82) is 0 Å². The van der Waals surface area contributed by atoms with Crippen molar-refractivity contribution in [2.75, 3.05) is 6.54 Å². The van der Waals surface area contributed by atoms with Crippen molar-refractivity contribution in [2.24, 2.45) is 0 Å². The largest absolute Gasteiger partial charge is 0.351 e. The number of thiazole rings is 1. The van der Waals surface area contributed by atoms with Gasteiger partial charge in [0.2, 0.25) is 5.91 Å². The highest BCUT2D eigenvalue weighted by Crippen LogP contribution is 2.29. The maximum absolute atomic E-state index is 12.0. The van der Waals surface area contributed by atoms with Crippen molar-refractivity contribution in [1.82, 2.24) is 15.6 Å². The van der Waals surface area contributed by atoms with Crippen LogP contribution in [0.3, 0.4) is 0 Å². The molecule has 1 aliphatic heterocycles. The summed E-state index contributed by atoms with van der Waals surface area (Å²) in [5.41, 5.74) is 3.39. The van der Waals surface area contributed by atoms with Crippen LogP contribution in [-0.2, 0) is 11.3 Å². The lowest BCUT2D eigenvalue weighted by molar-refractivity contribution is -0.122. The average Bonchev–Trinajstić information content (AvgIpc) is 3.15. The molecule has 1 aliphatic rings. The second-order valence-corrected chi connectivity index (χ2v) is 6.91. The van der Waals surface area contributed by atoms with Gasteiger partial charge in [-0.05, 0) is 44.4 Å². The molecule has 1 aromatic heterocycles. The molecule has 4 nitrogen and oxygen atoms in total. The zero-order valence-electron chi connectivity index (χ0n) is 13.0. The van der Waals surface area contributed by atoms with Crippen LogP contribution in [0.1, 0.15) is 29.1 Å². The predicted octanol–water partition coefficient (Wildman–Crippen LogP) is 2.80. The smallest absolute Gasteiger partial charge is 0.237 e. The molecule has 1 saturated heterocycles. The third-order valence-electron chi connectivity index (χ3n) is 3.96. The molecule has 2 N–H and O–H groups in total. The fraction of sp³-hybridized carbons (Fsp3) is 0.412. The summed E-state index contributed by atoms with van der Waals surface area (Å²) in [5, 5.41) is 7.31. The number of benzene rings is 1. The molecule has 1 aromatic carbocycles. The van der Waals surface area contributed by atoms with Crippen LogP contribution >= 0.6 is 11.3 Å². The Morgan fingerprint density at radius 1 is 1.36 bits per heavy atom. The summed E-state index contributed by atoms with van der Waals surface area (Å²) in [6.07, 6.45) is 2.02. The van der Waals surface area contributed by atoms with Gasteiger partial charge in [-0.3, -0.25) is 4.79 Å². The molecule has 2 aromatic rings. The second kappa shape index (κ2) is 6.58. The van der Waals surface area contributed by atoms with Crippen molar-refractivity contribution in [3.63, 3.8) is 0 Å². The van der Waals surface area contributed by atoms with Crippen LogP contribution in [0.4, 0.5) is 0 Å². The molecule has 0 bridgehead atoms. The molecule has 2 heterocycles. The van der Waals surface area contributed by atoms with Crippen LogP contribution in [0.5, 0.6) is 0 Å². The van der Waals surface area contributed by atoms with Crippen LogP contribution in [-0.4, -0.2) is 23.5 Å². The molecule has 0 unspecified atom stereocenters. The van der Waals surface area contributed by atoms with Gasteiger partial charge in [0.15, 0.2) is 0 Å². The first kappa shape index (κ1) is 15.2. The van der Waals surface area contributed by atoms with Crippen molar-refractivity contribution in [3.8, 4) is 10.4 Å². The zero-order chi connectivity index (χ0) is 15.5.